The highest BCUT2D eigenvalue weighted by Crippen LogP contribution is 2.19. The number of carbonyl (C=O) groups excluding carboxylic acids is 1. The van der Waals surface area contributed by atoms with Crippen LogP contribution in [0.1, 0.15) is 22.5 Å². The van der Waals surface area contributed by atoms with Crippen molar-refractivity contribution >= 4 is 11.9 Å². The second-order valence-electron chi connectivity index (χ2n) is 5.20. The molecule has 0 bridgehead atoms. The quantitative estimate of drug-likeness (QED) is 0.769. The average molecular weight is 243 g/mol. The fraction of sp³-hybridized carbons (Fsp3) is 0.429. The fourth-order valence-electron chi connectivity index (χ4n) is 2.72. The lowest BCUT2D eigenvalue weighted by atomic mass is 10.0. The molecule has 0 spiro atoms. The predicted octanol–water partition coefficient (Wildman–Crippen LogP) is 1.64. The van der Waals surface area contributed by atoms with Crippen molar-refractivity contribution in [3.63, 3.8) is 0 Å². The molecule has 0 aromatic carbocycles. The van der Waals surface area contributed by atoms with Crippen LogP contribution in [0, 0.1) is 5.92 Å². The molecule has 1 fully saturated rings. The van der Waals surface area contributed by atoms with Gasteiger partial charge in [-0.05, 0) is 44.5 Å². The summed E-state index contributed by atoms with van der Waals surface area (Å²) in [6, 6.07) is 3.70. The molecule has 0 saturated carbocycles. The summed E-state index contributed by atoms with van der Waals surface area (Å²) in [6.07, 6.45) is 7.03. The van der Waals surface area contributed by atoms with Gasteiger partial charge >= 0.3 is 0 Å². The summed E-state index contributed by atoms with van der Waals surface area (Å²) in [5.41, 5.74) is 2.73. The van der Waals surface area contributed by atoms with Gasteiger partial charge in [0, 0.05) is 24.5 Å². The number of nitrogens with zero attached hydrogens (tertiary/aromatic N) is 3. The SMILES string of the molecule is CN1CCC(Cc2cn3cc(C=O)ccc3n2)C1. The summed E-state index contributed by atoms with van der Waals surface area (Å²) in [5.74, 6) is 0.713. The first kappa shape index (κ1) is 11.4. The molecule has 2 aromatic heterocycles. The maximum Gasteiger partial charge on any atom is 0.151 e. The Labute approximate surface area is 106 Å². The highest BCUT2D eigenvalue weighted by molar-refractivity contribution is 5.74. The van der Waals surface area contributed by atoms with Gasteiger partial charge in [-0.1, -0.05) is 0 Å². The van der Waals surface area contributed by atoms with E-state index in [1.54, 1.807) is 0 Å². The van der Waals surface area contributed by atoms with Crippen LogP contribution in [0.2, 0.25) is 0 Å². The summed E-state index contributed by atoms with van der Waals surface area (Å²) in [5, 5.41) is 0. The minimum absolute atomic E-state index is 0.687. The Morgan fingerprint density at radius 2 is 2.33 bits per heavy atom. The lowest BCUT2D eigenvalue weighted by Crippen LogP contribution is -2.15. The Morgan fingerprint density at radius 3 is 3.06 bits per heavy atom. The van der Waals surface area contributed by atoms with E-state index >= 15 is 0 Å². The van der Waals surface area contributed by atoms with Gasteiger partial charge in [-0.2, -0.15) is 0 Å². The highest BCUT2D eigenvalue weighted by atomic mass is 16.1. The Hall–Kier alpha value is -1.68. The summed E-state index contributed by atoms with van der Waals surface area (Å²) >= 11 is 0. The van der Waals surface area contributed by atoms with Gasteiger partial charge in [-0.15, -0.1) is 0 Å². The Bertz CT molecular complexity index is 575. The van der Waals surface area contributed by atoms with Crippen LogP contribution >= 0.6 is 0 Å². The van der Waals surface area contributed by atoms with Gasteiger partial charge < -0.3 is 9.30 Å². The molecule has 94 valence electrons. The number of fused-ring (bicyclic) bond motifs is 1. The molecule has 4 heteroatoms. The van der Waals surface area contributed by atoms with Gasteiger partial charge in [0.2, 0.25) is 0 Å². The van der Waals surface area contributed by atoms with Gasteiger partial charge in [0.05, 0.1) is 5.69 Å². The molecule has 0 amide bonds. The van der Waals surface area contributed by atoms with Gasteiger partial charge in [-0.3, -0.25) is 4.79 Å². The molecular weight excluding hydrogens is 226 g/mol. The number of hydrogen-bond acceptors (Lipinski definition) is 3. The summed E-state index contributed by atoms with van der Waals surface area (Å²) < 4.78 is 1.94. The third-order valence-electron chi connectivity index (χ3n) is 3.65. The van der Waals surface area contributed by atoms with Crippen molar-refractivity contribution in [3.05, 3.63) is 35.8 Å². The zero-order chi connectivity index (χ0) is 12.5. The summed E-state index contributed by atoms with van der Waals surface area (Å²) in [6.45, 7) is 2.35. The minimum atomic E-state index is 0.687. The topological polar surface area (TPSA) is 37.6 Å². The number of hydrogen-bond donors (Lipinski definition) is 0. The standard InChI is InChI=1S/C14H17N3O/c1-16-5-4-11(7-16)6-13-9-17-8-12(10-18)2-3-14(17)15-13/h2-3,8-11H,4-7H2,1H3. The van der Waals surface area contributed by atoms with Gasteiger partial charge in [0.15, 0.2) is 6.29 Å². The van der Waals surface area contributed by atoms with Crippen molar-refractivity contribution in [2.24, 2.45) is 5.92 Å². The molecule has 1 unspecified atom stereocenters. The van der Waals surface area contributed by atoms with Crippen LogP contribution in [-0.4, -0.2) is 40.7 Å². The van der Waals surface area contributed by atoms with Gasteiger partial charge in [-0.25, -0.2) is 4.98 Å². The number of aldehydes is 1. The van der Waals surface area contributed by atoms with E-state index in [0.717, 1.165) is 30.6 Å². The van der Waals surface area contributed by atoms with E-state index < -0.39 is 0 Å². The van der Waals surface area contributed by atoms with Crippen molar-refractivity contribution in [3.8, 4) is 0 Å². The van der Waals surface area contributed by atoms with E-state index in [1.807, 2.05) is 28.9 Å². The Kier molecular flexibility index (Phi) is 2.88. The summed E-state index contributed by atoms with van der Waals surface area (Å²) in [4.78, 5) is 17.7. The summed E-state index contributed by atoms with van der Waals surface area (Å²) in [7, 11) is 2.17. The maximum absolute atomic E-state index is 10.7. The van der Waals surface area contributed by atoms with Crippen LogP contribution < -0.4 is 0 Å². The number of pyridine rings is 1. The molecule has 0 radical (unpaired) electrons. The predicted molar refractivity (Wildman–Crippen MR) is 69.9 cm³/mol. The second-order valence-corrected chi connectivity index (χ2v) is 5.20. The van der Waals surface area contributed by atoms with E-state index in [-0.39, 0.29) is 0 Å². The number of carbonyl (C=O) groups is 1. The zero-order valence-electron chi connectivity index (χ0n) is 10.5. The zero-order valence-corrected chi connectivity index (χ0v) is 10.5. The molecule has 3 heterocycles. The number of aromatic nitrogens is 2. The number of rotatable bonds is 3. The molecule has 4 nitrogen and oxygen atoms in total. The molecule has 2 aromatic rings. The molecule has 18 heavy (non-hydrogen) atoms. The van der Waals surface area contributed by atoms with Crippen LogP contribution in [0.5, 0.6) is 0 Å². The van der Waals surface area contributed by atoms with Crippen LogP contribution in [0.4, 0.5) is 0 Å². The van der Waals surface area contributed by atoms with E-state index in [4.69, 9.17) is 0 Å². The van der Waals surface area contributed by atoms with E-state index in [1.165, 1.54) is 13.0 Å². The van der Waals surface area contributed by atoms with Gasteiger partial charge in [0.25, 0.3) is 0 Å². The molecule has 0 N–H and O–H groups in total. The lowest BCUT2D eigenvalue weighted by molar-refractivity contribution is 0.112. The first-order valence-electron chi connectivity index (χ1n) is 6.36. The average Bonchev–Trinajstić information content (AvgIpc) is 2.94. The van der Waals surface area contributed by atoms with Crippen LogP contribution in [0.3, 0.4) is 0 Å². The Morgan fingerprint density at radius 1 is 1.44 bits per heavy atom. The fourth-order valence-corrected chi connectivity index (χ4v) is 2.72. The molecule has 3 rings (SSSR count). The Balaban J connectivity index is 1.82. The van der Waals surface area contributed by atoms with Crippen molar-refractivity contribution in [1.29, 1.82) is 0 Å². The van der Waals surface area contributed by atoms with Crippen LogP contribution in [0.25, 0.3) is 5.65 Å². The smallest absolute Gasteiger partial charge is 0.151 e. The molecule has 1 aliphatic heterocycles. The normalized spacial score (nSPS) is 20.6. The third-order valence-corrected chi connectivity index (χ3v) is 3.65. The number of likely N-dealkylation sites (tertiary alicyclic amines) is 1. The number of imidazole rings is 1. The van der Waals surface area contributed by atoms with E-state index in [9.17, 15) is 4.79 Å². The highest BCUT2D eigenvalue weighted by Gasteiger charge is 2.20. The van der Waals surface area contributed by atoms with Crippen molar-refractivity contribution in [2.45, 2.75) is 12.8 Å². The van der Waals surface area contributed by atoms with Crippen molar-refractivity contribution < 1.29 is 4.79 Å². The van der Waals surface area contributed by atoms with E-state index in [0.29, 0.717) is 11.5 Å². The van der Waals surface area contributed by atoms with Crippen LogP contribution in [-0.2, 0) is 6.42 Å². The van der Waals surface area contributed by atoms with Gasteiger partial charge in [0.1, 0.15) is 5.65 Å². The maximum atomic E-state index is 10.7. The molecule has 0 aliphatic carbocycles. The minimum Gasteiger partial charge on any atom is -0.306 e. The first-order valence-corrected chi connectivity index (χ1v) is 6.36. The first-order chi connectivity index (χ1) is 8.74. The van der Waals surface area contributed by atoms with Crippen LogP contribution in [0.15, 0.2) is 24.5 Å². The molecule has 1 aliphatic rings. The second kappa shape index (κ2) is 4.53. The van der Waals surface area contributed by atoms with Crippen molar-refractivity contribution in [1.82, 2.24) is 14.3 Å². The largest absolute Gasteiger partial charge is 0.306 e. The lowest BCUT2D eigenvalue weighted by Gasteiger charge is -2.07. The van der Waals surface area contributed by atoms with E-state index in [2.05, 4.69) is 16.9 Å². The van der Waals surface area contributed by atoms with Crippen molar-refractivity contribution in [2.75, 3.05) is 20.1 Å². The monoisotopic (exact) mass is 243 g/mol. The molecular formula is C14H17N3O. The molecule has 1 saturated heterocycles. The molecule has 1 atom stereocenters. The third kappa shape index (κ3) is 2.16.